The Morgan fingerprint density at radius 3 is 2.17 bits per heavy atom. The number of benzene rings is 2. The molecule has 0 radical (unpaired) electrons. The van der Waals surface area contributed by atoms with E-state index in [1.807, 2.05) is 38.1 Å². The van der Waals surface area contributed by atoms with Gasteiger partial charge in [0.2, 0.25) is 5.95 Å². The molecule has 4 nitrogen and oxygen atoms in total. The SMILES string of the molecule is Cc1ccc(Nc2nc(C)cc(Nc3ccc(F)c(F)c3)n2)cc1. The minimum atomic E-state index is -0.913. The Morgan fingerprint density at radius 1 is 0.750 bits per heavy atom. The van der Waals surface area contributed by atoms with Crippen LogP contribution in [0.5, 0.6) is 0 Å². The molecule has 1 aromatic heterocycles. The van der Waals surface area contributed by atoms with Crippen LogP contribution in [0.2, 0.25) is 0 Å². The smallest absolute Gasteiger partial charge is 0.229 e. The van der Waals surface area contributed by atoms with Gasteiger partial charge in [-0.05, 0) is 38.1 Å². The normalized spacial score (nSPS) is 10.5. The number of anilines is 4. The second-order valence-electron chi connectivity index (χ2n) is 5.46. The van der Waals surface area contributed by atoms with Crippen molar-refractivity contribution in [3.05, 3.63) is 71.4 Å². The Kier molecular flexibility index (Phi) is 4.37. The summed E-state index contributed by atoms with van der Waals surface area (Å²) in [6.07, 6.45) is 0. The Hall–Kier alpha value is -3.02. The van der Waals surface area contributed by atoms with Crippen LogP contribution in [0.1, 0.15) is 11.3 Å². The summed E-state index contributed by atoms with van der Waals surface area (Å²) < 4.78 is 26.3. The van der Waals surface area contributed by atoms with Crippen LogP contribution in [-0.4, -0.2) is 9.97 Å². The predicted octanol–water partition coefficient (Wildman–Crippen LogP) is 4.86. The third-order valence-corrected chi connectivity index (χ3v) is 3.35. The van der Waals surface area contributed by atoms with E-state index in [0.717, 1.165) is 29.1 Å². The number of aryl methyl sites for hydroxylation is 2. The average Bonchev–Trinajstić information content (AvgIpc) is 2.53. The maximum atomic E-state index is 13.3. The molecule has 0 amide bonds. The quantitative estimate of drug-likeness (QED) is 0.719. The van der Waals surface area contributed by atoms with Crippen LogP contribution in [0.25, 0.3) is 0 Å². The summed E-state index contributed by atoms with van der Waals surface area (Å²) in [6.45, 7) is 3.84. The number of nitrogens with one attached hydrogen (secondary N) is 2. The highest BCUT2D eigenvalue weighted by Gasteiger charge is 2.06. The monoisotopic (exact) mass is 326 g/mol. The van der Waals surface area contributed by atoms with E-state index in [9.17, 15) is 8.78 Å². The van der Waals surface area contributed by atoms with Gasteiger partial charge in [-0.1, -0.05) is 17.7 Å². The number of hydrogen-bond donors (Lipinski definition) is 2. The van der Waals surface area contributed by atoms with Crippen molar-refractivity contribution in [1.29, 1.82) is 0 Å². The summed E-state index contributed by atoms with van der Waals surface area (Å²) in [5, 5.41) is 6.07. The summed E-state index contributed by atoms with van der Waals surface area (Å²) in [5.41, 5.74) is 3.18. The molecule has 3 aromatic rings. The first-order valence-electron chi connectivity index (χ1n) is 7.41. The van der Waals surface area contributed by atoms with E-state index < -0.39 is 11.6 Å². The van der Waals surface area contributed by atoms with Crippen molar-refractivity contribution in [3.63, 3.8) is 0 Å². The van der Waals surface area contributed by atoms with Gasteiger partial charge in [-0.3, -0.25) is 0 Å². The molecule has 0 fully saturated rings. The summed E-state index contributed by atoms with van der Waals surface area (Å²) in [7, 11) is 0. The molecular formula is C18H16F2N4. The fourth-order valence-corrected chi connectivity index (χ4v) is 2.18. The summed E-state index contributed by atoms with van der Waals surface area (Å²) >= 11 is 0. The van der Waals surface area contributed by atoms with Gasteiger partial charge in [0.05, 0.1) is 0 Å². The van der Waals surface area contributed by atoms with E-state index in [1.54, 1.807) is 6.07 Å². The van der Waals surface area contributed by atoms with E-state index in [4.69, 9.17) is 0 Å². The van der Waals surface area contributed by atoms with Gasteiger partial charge in [-0.25, -0.2) is 13.8 Å². The van der Waals surface area contributed by atoms with Crippen molar-refractivity contribution in [2.45, 2.75) is 13.8 Å². The van der Waals surface area contributed by atoms with E-state index in [-0.39, 0.29) is 0 Å². The summed E-state index contributed by atoms with van der Waals surface area (Å²) in [4.78, 5) is 8.68. The lowest BCUT2D eigenvalue weighted by Crippen LogP contribution is -2.02. The Labute approximate surface area is 138 Å². The molecule has 0 saturated carbocycles. The van der Waals surface area contributed by atoms with Gasteiger partial charge in [0, 0.05) is 29.2 Å². The fourth-order valence-electron chi connectivity index (χ4n) is 2.18. The molecule has 3 rings (SSSR count). The zero-order valence-electron chi connectivity index (χ0n) is 13.3. The zero-order valence-corrected chi connectivity index (χ0v) is 13.3. The standard InChI is InChI=1S/C18H16F2N4/c1-11-3-5-13(6-4-11)23-18-21-12(2)9-17(24-18)22-14-7-8-15(19)16(20)10-14/h3-10H,1-2H3,(H2,21,22,23,24). The number of rotatable bonds is 4. The van der Waals surface area contributed by atoms with Gasteiger partial charge < -0.3 is 10.6 Å². The van der Waals surface area contributed by atoms with Gasteiger partial charge in [-0.15, -0.1) is 0 Å². The lowest BCUT2D eigenvalue weighted by Gasteiger charge is -2.10. The van der Waals surface area contributed by atoms with Gasteiger partial charge in [0.15, 0.2) is 11.6 Å². The highest BCUT2D eigenvalue weighted by Crippen LogP contribution is 2.20. The fraction of sp³-hybridized carbons (Fsp3) is 0.111. The molecule has 2 N–H and O–H groups in total. The largest absolute Gasteiger partial charge is 0.340 e. The first-order valence-corrected chi connectivity index (χ1v) is 7.41. The van der Waals surface area contributed by atoms with Gasteiger partial charge in [-0.2, -0.15) is 4.98 Å². The molecule has 0 aliphatic heterocycles. The third kappa shape index (κ3) is 3.84. The first kappa shape index (κ1) is 15.9. The summed E-state index contributed by atoms with van der Waals surface area (Å²) in [5.74, 6) is -0.892. The molecule has 0 saturated heterocycles. The predicted molar refractivity (Wildman–Crippen MR) is 90.9 cm³/mol. The minimum Gasteiger partial charge on any atom is -0.340 e. The minimum absolute atomic E-state index is 0.410. The van der Waals surface area contributed by atoms with Crippen LogP contribution in [0.3, 0.4) is 0 Å². The maximum Gasteiger partial charge on any atom is 0.229 e. The Balaban J connectivity index is 1.82. The van der Waals surface area contributed by atoms with Gasteiger partial charge in [0.1, 0.15) is 5.82 Å². The first-order chi connectivity index (χ1) is 11.5. The van der Waals surface area contributed by atoms with E-state index >= 15 is 0 Å². The molecule has 24 heavy (non-hydrogen) atoms. The highest BCUT2D eigenvalue weighted by atomic mass is 19.2. The molecule has 0 aliphatic rings. The third-order valence-electron chi connectivity index (χ3n) is 3.35. The number of aromatic nitrogens is 2. The lowest BCUT2D eigenvalue weighted by molar-refractivity contribution is 0.509. The highest BCUT2D eigenvalue weighted by molar-refractivity contribution is 5.60. The second-order valence-corrected chi connectivity index (χ2v) is 5.46. The van der Waals surface area contributed by atoms with Crippen molar-refractivity contribution >= 4 is 23.1 Å². The molecule has 0 bridgehead atoms. The number of hydrogen-bond acceptors (Lipinski definition) is 4. The zero-order chi connectivity index (χ0) is 17.1. The van der Waals surface area contributed by atoms with Crippen LogP contribution in [-0.2, 0) is 0 Å². The molecular weight excluding hydrogens is 310 g/mol. The van der Waals surface area contributed by atoms with E-state index in [0.29, 0.717) is 17.5 Å². The average molecular weight is 326 g/mol. The van der Waals surface area contributed by atoms with Crippen LogP contribution in [0.15, 0.2) is 48.5 Å². The van der Waals surface area contributed by atoms with Crippen LogP contribution in [0, 0.1) is 25.5 Å². The second kappa shape index (κ2) is 6.62. The van der Waals surface area contributed by atoms with Crippen LogP contribution in [0.4, 0.5) is 31.9 Å². The van der Waals surface area contributed by atoms with E-state index in [2.05, 4.69) is 20.6 Å². The topological polar surface area (TPSA) is 49.8 Å². The van der Waals surface area contributed by atoms with E-state index in [1.165, 1.54) is 6.07 Å². The number of halogens is 2. The summed E-state index contributed by atoms with van der Waals surface area (Å²) in [6, 6.07) is 13.2. The van der Waals surface area contributed by atoms with Crippen molar-refractivity contribution in [3.8, 4) is 0 Å². The maximum absolute atomic E-state index is 13.3. The lowest BCUT2D eigenvalue weighted by atomic mass is 10.2. The van der Waals surface area contributed by atoms with Crippen molar-refractivity contribution in [2.75, 3.05) is 10.6 Å². The number of nitrogens with zero attached hydrogens (tertiary/aromatic N) is 2. The molecule has 0 aliphatic carbocycles. The molecule has 122 valence electrons. The van der Waals surface area contributed by atoms with Crippen LogP contribution < -0.4 is 10.6 Å². The molecule has 2 aromatic carbocycles. The van der Waals surface area contributed by atoms with Gasteiger partial charge >= 0.3 is 0 Å². The Bertz CT molecular complexity index is 863. The molecule has 1 heterocycles. The van der Waals surface area contributed by atoms with Crippen LogP contribution >= 0.6 is 0 Å². The van der Waals surface area contributed by atoms with Gasteiger partial charge in [0.25, 0.3) is 0 Å². The van der Waals surface area contributed by atoms with Crippen molar-refractivity contribution in [1.82, 2.24) is 9.97 Å². The molecule has 6 heteroatoms. The molecule has 0 unspecified atom stereocenters. The van der Waals surface area contributed by atoms with Crippen molar-refractivity contribution in [2.24, 2.45) is 0 Å². The van der Waals surface area contributed by atoms with Crippen molar-refractivity contribution < 1.29 is 8.78 Å². The Morgan fingerprint density at radius 2 is 1.46 bits per heavy atom. The molecule has 0 spiro atoms. The molecule has 0 atom stereocenters.